The maximum absolute atomic E-state index is 13.4. The molecule has 0 unspecified atom stereocenters. The molecule has 176 valence electrons. The lowest BCUT2D eigenvalue weighted by molar-refractivity contribution is -0.149. The first-order chi connectivity index (χ1) is 15.8. The monoisotopic (exact) mass is 471 g/mol. The lowest BCUT2D eigenvalue weighted by Crippen LogP contribution is -2.51. The maximum Gasteiger partial charge on any atom is 0.313 e. The van der Waals surface area contributed by atoms with Crippen LogP contribution >= 0.6 is 11.6 Å². The van der Waals surface area contributed by atoms with Gasteiger partial charge in [0.2, 0.25) is 5.91 Å². The van der Waals surface area contributed by atoms with Gasteiger partial charge in [-0.15, -0.1) is 0 Å². The minimum absolute atomic E-state index is 0.0612. The van der Waals surface area contributed by atoms with Gasteiger partial charge in [-0.05, 0) is 51.8 Å². The summed E-state index contributed by atoms with van der Waals surface area (Å²) >= 11 is 6.42. The molecule has 0 saturated carbocycles. The van der Waals surface area contributed by atoms with Gasteiger partial charge in [-0.25, -0.2) is 0 Å². The Hall–Kier alpha value is -2.90. The Morgan fingerprint density at radius 1 is 1.12 bits per heavy atom. The first-order valence-electron chi connectivity index (χ1n) is 11.1. The number of ether oxygens (including phenoxy) is 1. The van der Waals surface area contributed by atoms with E-state index in [-0.39, 0.29) is 6.10 Å². The fourth-order valence-corrected chi connectivity index (χ4v) is 4.06. The van der Waals surface area contributed by atoms with E-state index in [9.17, 15) is 14.4 Å². The summed E-state index contributed by atoms with van der Waals surface area (Å²) in [6.07, 6.45) is 1.75. The van der Waals surface area contributed by atoms with Crippen molar-refractivity contribution < 1.29 is 19.1 Å². The van der Waals surface area contributed by atoms with Gasteiger partial charge in [0.25, 0.3) is 0 Å². The highest BCUT2D eigenvalue weighted by Crippen LogP contribution is 2.30. The molecule has 1 aliphatic rings. The number of carbonyl (C=O) groups excluding carboxylic acids is 3. The van der Waals surface area contributed by atoms with Gasteiger partial charge in [0.05, 0.1) is 6.10 Å². The molecule has 2 aromatic rings. The third-order valence-corrected chi connectivity index (χ3v) is 5.89. The molecule has 8 heteroatoms. The van der Waals surface area contributed by atoms with Crippen LogP contribution in [0, 0.1) is 6.92 Å². The molecule has 7 nitrogen and oxygen atoms in total. The third kappa shape index (κ3) is 6.33. The van der Waals surface area contributed by atoms with E-state index >= 15 is 0 Å². The molecule has 33 heavy (non-hydrogen) atoms. The molecule has 2 atom stereocenters. The number of nitrogens with one attached hydrogen (secondary N) is 2. The van der Waals surface area contributed by atoms with E-state index in [4.69, 9.17) is 16.3 Å². The number of halogens is 1. The topological polar surface area (TPSA) is 87.7 Å². The van der Waals surface area contributed by atoms with Gasteiger partial charge in [0.1, 0.15) is 6.04 Å². The largest absolute Gasteiger partial charge is 0.376 e. The number of hydrogen-bond donors (Lipinski definition) is 2. The summed E-state index contributed by atoms with van der Waals surface area (Å²) in [4.78, 5) is 40.8. The van der Waals surface area contributed by atoms with Crippen LogP contribution in [0.15, 0.2) is 48.5 Å². The van der Waals surface area contributed by atoms with Crippen molar-refractivity contribution in [2.45, 2.75) is 51.8 Å². The van der Waals surface area contributed by atoms with Gasteiger partial charge in [-0.3, -0.25) is 14.4 Å². The lowest BCUT2D eigenvalue weighted by atomic mass is 10.0. The van der Waals surface area contributed by atoms with E-state index in [2.05, 4.69) is 10.6 Å². The van der Waals surface area contributed by atoms with E-state index in [1.165, 1.54) is 4.90 Å². The SMILES string of the molecule is Cc1ccc(NC(=O)C(=O)N(C(C)C)[C@H](C(=O)NC[C@@H]2CCCO2)c2ccccc2Cl)cc1. The summed E-state index contributed by atoms with van der Waals surface area (Å²) in [7, 11) is 0. The second kappa shape index (κ2) is 11.3. The van der Waals surface area contributed by atoms with Gasteiger partial charge in [-0.1, -0.05) is 47.5 Å². The molecular formula is C25H30ClN3O4. The Morgan fingerprint density at radius 2 is 1.82 bits per heavy atom. The molecule has 0 aliphatic carbocycles. The summed E-state index contributed by atoms with van der Waals surface area (Å²) in [5.41, 5.74) is 1.99. The Bertz CT molecular complexity index is 987. The van der Waals surface area contributed by atoms with Crippen LogP contribution in [0.3, 0.4) is 0 Å². The van der Waals surface area contributed by atoms with Crippen LogP contribution < -0.4 is 10.6 Å². The normalized spacial score (nSPS) is 16.3. The van der Waals surface area contributed by atoms with E-state index in [0.29, 0.717) is 29.4 Å². The van der Waals surface area contributed by atoms with Crippen molar-refractivity contribution in [3.8, 4) is 0 Å². The highest BCUT2D eigenvalue weighted by molar-refractivity contribution is 6.40. The number of anilines is 1. The highest BCUT2D eigenvalue weighted by atomic mass is 35.5. The van der Waals surface area contributed by atoms with E-state index in [1.807, 2.05) is 19.1 Å². The zero-order chi connectivity index (χ0) is 24.0. The van der Waals surface area contributed by atoms with Crippen LogP contribution in [0.1, 0.15) is 43.9 Å². The van der Waals surface area contributed by atoms with Gasteiger partial charge in [0, 0.05) is 35.5 Å². The minimum Gasteiger partial charge on any atom is -0.376 e. The third-order valence-electron chi connectivity index (χ3n) is 5.55. The van der Waals surface area contributed by atoms with Gasteiger partial charge < -0.3 is 20.3 Å². The van der Waals surface area contributed by atoms with Gasteiger partial charge >= 0.3 is 11.8 Å². The molecule has 0 spiro atoms. The summed E-state index contributed by atoms with van der Waals surface area (Å²) in [5, 5.41) is 5.85. The van der Waals surface area contributed by atoms with Crippen LogP contribution in [0.4, 0.5) is 5.69 Å². The van der Waals surface area contributed by atoms with Crippen molar-refractivity contribution in [2.24, 2.45) is 0 Å². The quantitative estimate of drug-likeness (QED) is 0.600. The fraction of sp³-hybridized carbons (Fsp3) is 0.400. The van der Waals surface area contributed by atoms with Crippen LogP contribution in [0.2, 0.25) is 5.02 Å². The summed E-state index contributed by atoms with van der Waals surface area (Å²) in [5.74, 6) is -2.05. The smallest absolute Gasteiger partial charge is 0.313 e. The second-order valence-corrected chi connectivity index (χ2v) is 8.84. The molecule has 0 aromatic heterocycles. The minimum atomic E-state index is -1.07. The fourth-order valence-electron chi connectivity index (χ4n) is 3.82. The maximum atomic E-state index is 13.4. The molecule has 1 heterocycles. The molecule has 3 amide bonds. The second-order valence-electron chi connectivity index (χ2n) is 8.43. The van der Waals surface area contributed by atoms with E-state index in [0.717, 1.165) is 18.4 Å². The lowest BCUT2D eigenvalue weighted by Gasteiger charge is -2.34. The summed E-state index contributed by atoms with van der Waals surface area (Å²) in [6.45, 7) is 6.45. The zero-order valence-corrected chi connectivity index (χ0v) is 19.9. The van der Waals surface area contributed by atoms with Crippen molar-refractivity contribution in [3.63, 3.8) is 0 Å². The predicted molar refractivity (Wildman–Crippen MR) is 128 cm³/mol. The van der Waals surface area contributed by atoms with Gasteiger partial charge in [0.15, 0.2) is 0 Å². The van der Waals surface area contributed by atoms with Crippen LogP contribution in [-0.2, 0) is 19.1 Å². The van der Waals surface area contributed by atoms with Crippen LogP contribution in [-0.4, -0.2) is 47.9 Å². The summed E-state index contributed by atoms with van der Waals surface area (Å²) in [6, 6.07) is 12.4. The average molecular weight is 472 g/mol. The van der Waals surface area contributed by atoms with E-state index < -0.39 is 29.8 Å². The number of aryl methyl sites for hydroxylation is 1. The molecule has 2 aromatic carbocycles. The first kappa shape index (κ1) is 24.7. The van der Waals surface area contributed by atoms with Gasteiger partial charge in [-0.2, -0.15) is 0 Å². The number of amides is 3. The molecule has 2 N–H and O–H groups in total. The number of rotatable bonds is 7. The predicted octanol–water partition coefficient (Wildman–Crippen LogP) is 3.86. The van der Waals surface area contributed by atoms with E-state index in [1.54, 1.807) is 50.2 Å². The molecule has 0 radical (unpaired) electrons. The zero-order valence-electron chi connectivity index (χ0n) is 19.1. The highest BCUT2D eigenvalue weighted by Gasteiger charge is 2.37. The van der Waals surface area contributed by atoms with Crippen molar-refractivity contribution in [1.29, 1.82) is 0 Å². The van der Waals surface area contributed by atoms with Crippen LogP contribution in [0.5, 0.6) is 0 Å². The Labute approximate surface area is 199 Å². The number of hydrogen-bond acceptors (Lipinski definition) is 4. The molecule has 0 bridgehead atoms. The number of nitrogens with zero attached hydrogens (tertiary/aromatic N) is 1. The molecule has 1 aliphatic heterocycles. The standard InChI is InChI=1S/C25H30ClN3O4/c1-16(2)29(25(32)24(31)28-18-12-10-17(3)11-13-18)22(20-8-4-5-9-21(20)26)23(30)27-15-19-7-6-14-33-19/h4-5,8-13,16,19,22H,6-7,14-15H2,1-3H3,(H,27,30)(H,28,31)/t19-,22-/m0/s1. The average Bonchev–Trinajstić information content (AvgIpc) is 3.31. The van der Waals surface area contributed by atoms with Crippen LogP contribution in [0.25, 0.3) is 0 Å². The summed E-state index contributed by atoms with van der Waals surface area (Å²) < 4.78 is 5.60. The number of benzene rings is 2. The van der Waals surface area contributed by atoms with Crippen molar-refractivity contribution in [1.82, 2.24) is 10.2 Å². The molecule has 3 rings (SSSR count). The Balaban J connectivity index is 1.87. The molecule has 1 saturated heterocycles. The first-order valence-corrected chi connectivity index (χ1v) is 11.5. The Kier molecular flexibility index (Phi) is 8.47. The molecule has 1 fully saturated rings. The molecular weight excluding hydrogens is 442 g/mol. The van der Waals surface area contributed by atoms with Crippen molar-refractivity contribution in [3.05, 3.63) is 64.7 Å². The van der Waals surface area contributed by atoms with Crippen molar-refractivity contribution in [2.75, 3.05) is 18.5 Å². The van der Waals surface area contributed by atoms with Crippen molar-refractivity contribution >= 4 is 35.0 Å². The Morgan fingerprint density at radius 3 is 2.42 bits per heavy atom. The number of carbonyl (C=O) groups is 3.